The number of aromatic amines is 1. The maximum Gasteiger partial charge on any atom is 0.184 e. The molecule has 0 unspecified atom stereocenters. The predicted octanol–water partition coefficient (Wildman–Crippen LogP) is 3.30. The molecule has 6 heteroatoms. The molecule has 2 heterocycles. The van der Waals surface area contributed by atoms with Crippen molar-refractivity contribution in [3.8, 4) is 11.4 Å². The lowest BCUT2D eigenvalue weighted by Gasteiger charge is -1.98. The number of nitrogens with zero attached hydrogens (tertiary/aromatic N) is 3. The fourth-order valence-corrected chi connectivity index (χ4v) is 2.43. The number of H-pyrrole nitrogens is 1. The molecule has 2 aromatic heterocycles. The summed E-state index contributed by atoms with van der Waals surface area (Å²) in [6, 6.07) is 10.2. The average Bonchev–Trinajstić information content (AvgIpc) is 2.97. The summed E-state index contributed by atoms with van der Waals surface area (Å²) in [5.41, 5.74) is 1.91. The van der Waals surface area contributed by atoms with Gasteiger partial charge in [0.05, 0.1) is 0 Å². The minimum atomic E-state index is -0.225. The molecule has 0 atom stereocenters. The van der Waals surface area contributed by atoms with Crippen molar-refractivity contribution in [2.45, 2.75) is 10.9 Å². The maximum absolute atomic E-state index is 12.8. The molecular weight excluding hydrogens is 275 g/mol. The normalized spacial score (nSPS) is 10.7. The number of pyridine rings is 1. The number of halogens is 1. The monoisotopic (exact) mass is 286 g/mol. The van der Waals surface area contributed by atoms with E-state index < -0.39 is 0 Å². The largest absolute Gasteiger partial charge is 0.264 e. The van der Waals surface area contributed by atoms with Crippen molar-refractivity contribution < 1.29 is 4.39 Å². The predicted molar refractivity (Wildman–Crippen MR) is 75.6 cm³/mol. The quantitative estimate of drug-likeness (QED) is 0.748. The topological polar surface area (TPSA) is 54.5 Å². The summed E-state index contributed by atoms with van der Waals surface area (Å²) in [5, 5.41) is 7.77. The van der Waals surface area contributed by atoms with Crippen molar-refractivity contribution in [3.63, 3.8) is 0 Å². The molecule has 0 saturated carbocycles. The first-order valence-electron chi connectivity index (χ1n) is 6.01. The number of hydrogen-bond donors (Lipinski definition) is 1. The van der Waals surface area contributed by atoms with Crippen molar-refractivity contribution in [1.82, 2.24) is 20.2 Å². The van der Waals surface area contributed by atoms with Gasteiger partial charge in [-0.2, -0.15) is 5.10 Å². The minimum absolute atomic E-state index is 0.225. The van der Waals surface area contributed by atoms with Gasteiger partial charge in [-0.05, 0) is 29.8 Å². The summed E-state index contributed by atoms with van der Waals surface area (Å²) in [6.45, 7) is 0. The van der Waals surface area contributed by atoms with Gasteiger partial charge in [0, 0.05) is 23.7 Å². The molecule has 0 aliphatic carbocycles. The second kappa shape index (κ2) is 5.83. The van der Waals surface area contributed by atoms with E-state index in [2.05, 4.69) is 20.2 Å². The Kier molecular flexibility index (Phi) is 3.73. The van der Waals surface area contributed by atoms with Crippen molar-refractivity contribution in [2.24, 2.45) is 0 Å². The van der Waals surface area contributed by atoms with Crippen molar-refractivity contribution in [3.05, 3.63) is 60.2 Å². The molecule has 3 rings (SSSR count). The van der Waals surface area contributed by atoms with E-state index in [1.54, 1.807) is 24.5 Å². The Balaban J connectivity index is 1.67. The second-order valence-electron chi connectivity index (χ2n) is 4.12. The fraction of sp³-hybridized carbons (Fsp3) is 0.0714. The van der Waals surface area contributed by atoms with Gasteiger partial charge in [0.2, 0.25) is 0 Å². The van der Waals surface area contributed by atoms with E-state index in [0.29, 0.717) is 11.6 Å². The molecule has 1 N–H and O–H groups in total. The SMILES string of the molecule is Fc1ccc(CSc2nc(-c3cccnc3)n[nH]2)cc1. The molecule has 0 radical (unpaired) electrons. The van der Waals surface area contributed by atoms with Crippen LogP contribution in [0.3, 0.4) is 0 Å². The van der Waals surface area contributed by atoms with Crippen molar-refractivity contribution in [1.29, 1.82) is 0 Å². The van der Waals surface area contributed by atoms with Gasteiger partial charge in [0.1, 0.15) is 5.82 Å². The fourth-order valence-electron chi connectivity index (χ4n) is 1.67. The van der Waals surface area contributed by atoms with Gasteiger partial charge in [0.25, 0.3) is 0 Å². The minimum Gasteiger partial charge on any atom is -0.264 e. The Bertz CT molecular complexity index is 682. The van der Waals surface area contributed by atoms with Crippen LogP contribution in [0, 0.1) is 5.82 Å². The van der Waals surface area contributed by atoms with Crippen LogP contribution in [0.5, 0.6) is 0 Å². The molecule has 0 saturated heterocycles. The molecule has 20 heavy (non-hydrogen) atoms. The van der Waals surface area contributed by atoms with E-state index in [4.69, 9.17) is 0 Å². The van der Waals surface area contributed by atoms with E-state index in [0.717, 1.165) is 16.3 Å². The van der Waals surface area contributed by atoms with E-state index in [1.165, 1.54) is 23.9 Å². The second-order valence-corrected chi connectivity index (χ2v) is 5.09. The highest BCUT2D eigenvalue weighted by Gasteiger charge is 2.06. The Morgan fingerprint density at radius 3 is 2.75 bits per heavy atom. The first-order chi connectivity index (χ1) is 9.81. The van der Waals surface area contributed by atoms with Crippen LogP contribution in [0.15, 0.2) is 53.9 Å². The smallest absolute Gasteiger partial charge is 0.184 e. The average molecular weight is 286 g/mol. The van der Waals surface area contributed by atoms with Crippen LogP contribution in [0.4, 0.5) is 4.39 Å². The third kappa shape index (κ3) is 3.03. The maximum atomic E-state index is 12.8. The Hall–Kier alpha value is -2.21. The third-order valence-corrected chi connectivity index (χ3v) is 3.61. The number of thioether (sulfide) groups is 1. The van der Waals surface area contributed by atoms with Gasteiger partial charge in [0.15, 0.2) is 11.0 Å². The van der Waals surface area contributed by atoms with E-state index in [-0.39, 0.29) is 5.82 Å². The molecule has 1 aromatic carbocycles. The molecule has 3 aromatic rings. The Morgan fingerprint density at radius 1 is 1.15 bits per heavy atom. The van der Waals surface area contributed by atoms with Crippen LogP contribution in [0.1, 0.15) is 5.56 Å². The lowest BCUT2D eigenvalue weighted by molar-refractivity contribution is 0.627. The van der Waals surface area contributed by atoms with Crippen molar-refractivity contribution in [2.75, 3.05) is 0 Å². The van der Waals surface area contributed by atoms with E-state index in [9.17, 15) is 4.39 Å². The zero-order chi connectivity index (χ0) is 13.8. The Morgan fingerprint density at radius 2 is 2.00 bits per heavy atom. The van der Waals surface area contributed by atoms with Crippen molar-refractivity contribution >= 4 is 11.8 Å². The highest BCUT2D eigenvalue weighted by molar-refractivity contribution is 7.98. The lowest BCUT2D eigenvalue weighted by atomic mass is 10.2. The lowest BCUT2D eigenvalue weighted by Crippen LogP contribution is -1.83. The van der Waals surface area contributed by atoms with Gasteiger partial charge in [-0.1, -0.05) is 23.9 Å². The van der Waals surface area contributed by atoms with Crippen LogP contribution >= 0.6 is 11.8 Å². The highest BCUT2D eigenvalue weighted by Crippen LogP contribution is 2.21. The van der Waals surface area contributed by atoms with Gasteiger partial charge >= 0.3 is 0 Å². The van der Waals surface area contributed by atoms with Crippen LogP contribution in [-0.4, -0.2) is 20.2 Å². The molecule has 0 bridgehead atoms. The summed E-state index contributed by atoms with van der Waals surface area (Å²) < 4.78 is 12.8. The van der Waals surface area contributed by atoms with Gasteiger partial charge in [-0.25, -0.2) is 9.37 Å². The molecule has 0 aliphatic heterocycles. The zero-order valence-corrected chi connectivity index (χ0v) is 11.3. The standard InChI is InChI=1S/C14H11FN4S/c15-12-5-3-10(4-6-12)9-20-14-17-13(18-19-14)11-2-1-7-16-8-11/h1-8H,9H2,(H,17,18,19). The molecular formula is C14H11FN4S. The first kappa shape index (κ1) is 12.8. The summed E-state index contributed by atoms with van der Waals surface area (Å²) in [7, 11) is 0. The number of benzene rings is 1. The zero-order valence-electron chi connectivity index (χ0n) is 10.5. The first-order valence-corrected chi connectivity index (χ1v) is 7.00. The molecule has 0 fully saturated rings. The highest BCUT2D eigenvalue weighted by atomic mass is 32.2. The molecule has 100 valence electrons. The van der Waals surface area contributed by atoms with E-state index in [1.807, 2.05) is 12.1 Å². The number of nitrogens with one attached hydrogen (secondary N) is 1. The van der Waals surface area contributed by atoms with Crippen LogP contribution < -0.4 is 0 Å². The van der Waals surface area contributed by atoms with Gasteiger partial charge in [-0.15, -0.1) is 0 Å². The van der Waals surface area contributed by atoms with Gasteiger partial charge in [-0.3, -0.25) is 10.1 Å². The number of aromatic nitrogens is 4. The van der Waals surface area contributed by atoms with Gasteiger partial charge < -0.3 is 0 Å². The number of rotatable bonds is 4. The molecule has 4 nitrogen and oxygen atoms in total. The Labute approximate surface area is 119 Å². The molecule has 0 aliphatic rings. The van der Waals surface area contributed by atoms with E-state index >= 15 is 0 Å². The van der Waals surface area contributed by atoms with Crippen LogP contribution in [-0.2, 0) is 5.75 Å². The summed E-state index contributed by atoms with van der Waals surface area (Å²) in [4.78, 5) is 8.43. The van der Waals surface area contributed by atoms with Crippen LogP contribution in [0.25, 0.3) is 11.4 Å². The molecule has 0 amide bonds. The molecule has 0 spiro atoms. The summed E-state index contributed by atoms with van der Waals surface area (Å²) in [6.07, 6.45) is 3.43. The summed E-state index contributed by atoms with van der Waals surface area (Å²) in [5.74, 6) is 1.11. The summed E-state index contributed by atoms with van der Waals surface area (Å²) >= 11 is 1.52. The number of hydrogen-bond acceptors (Lipinski definition) is 4. The third-order valence-electron chi connectivity index (χ3n) is 2.67. The van der Waals surface area contributed by atoms with Crippen LogP contribution in [0.2, 0.25) is 0 Å².